The van der Waals surface area contributed by atoms with Gasteiger partial charge in [0.05, 0.1) is 30.4 Å². The third kappa shape index (κ3) is 5.95. The molecule has 0 saturated heterocycles. The van der Waals surface area contributed by atoms with Crippen molar-refractivity contribution in [2.24, 2.45) is 0 Å². The minimum atomic E-state index is 0.0430. The molecule has 0 radical (unpaired) electrons. The number of amides is 1. The van der Waals surface area contributed by atoms with Gasteiger partial charge in [0.1, 0.15) is 11.5 Å². The van der Waals surface area contributed by atoms with E-state index in [1.54, 1.807) is 7.11 Å². The van der Waals surface area contributed by atoms with Gasteiger partial charge in [0, 0.05) is 13.1 Å². The second-order valence-electron chi connectivity index (χ2n) is 7.16. The minimum absolute atomic E-state index is 0.0430. The lowest BCUT2D eigenvalue weighted by molar-refractivity contribution is -0.118. The minimum Gasteiger partial charge on any atom is -0.497 e. The first kappa shape index (κ1) is 23.0. The van der Waals surface area contributed by atoms with Gasteiger partial charge in [0.2, 0.25) is 5.91 Å². The number of fused-ring (bicyclic) bond motifs is 1. The molecule has 0 aliphatic rings. The van der Waals surface area contributed by atoms with E-state index in [0.717, 1.165) is 52.0 Å². The second kappa shape index (κ2) is 11.1. The summed E-state index contributed by atoms with van der Waals surface area (Å²) in [6.07, 6.45) is 0.322. The number of anilines is 1. The number of hydrogen-bond donors (Lipinski definition) is 0. The molecule has 0 atom stereocenters. The summed E-state index contributed by atoms with van der Waals surface area (Å²) in [5.41, 5.74) is 1.84. The van der Waals surface area contributed by atoms with Crippen LogP contribution in [0.5, 0.6) is 11.5 Å². The van der Waals surface area contributed by atoms with E-state index >= 15 is 0 Å². The van der Waals surface area contributed by atoms with Crippen molar-refractivity contribution in [3.63, 3.8) is 0 Å². The maximum absolute atomic E-state index is 13.3. The van der Waals surface area contributed by atoms with Crippen molar-refractivity contribution in [2.75, 3.05) is 44.8 Å². The zero-order valence-corrected chi connectivity index (χ0v) is 19.6. The topological polar surface area (TPSA) is 54.9 Å². The number of carbonyl (C=O) groups excluding carboxylic acids is 1. The fourth-order valence-corrected chi connectivity index (χ4v) is 4.42. The number of carbonyl (C=O) groups is 1. The molecule has 0 aliphatic heterocycles. The van der Waals surface area contributed by atoms with Crippen molar-refractivity contribution in [2.45, 2.75) is 27.2 Å². The number of rotatable bonds is 11. The van der Waals surface area contributed by atoms with E-state index < -0.39 is 0 Å². The lowest BCUT2D eigenvalue weighted by Gasteiger charge is -2.24. The van der Waals surface area contributed by atoms with Gasteiger partial charge in [-0.25, -0.2) is 4.98 Å². The highest BCUT2D eigenvalue weighted by Crippen LogP contribution is 2.32. The predicted octanol–water partition coefficient (Wildman–Crippen LogP) is 4.62. The molecule has 0 unspecified atom stereocenters. The van der Waals surface area contributed by atoms with Crippen LogP contribution in [0.25, 0.3) is 10.2 Å². The molecule has 1 amide bonds. The largest absolute Gasteiger partial charge is 0.497 e. The maximum Gasteiger partial charge on any atom is 0.233 e. The van der Waals surface area contributed by atoms with Gasteiger partial charge in [-0.05, 0) is 55.9 Å². The molecule has 1 aromatic heterocycles. The predicted molar refractivity (Wildman–Crippen MR) is 128 cm³/mol. The van der Waals surface area contributed by atoms with Crippen molar-refractivity contribution < 1.29 is 14.3 Å². The number of likely N-dealkylation sites (N-methyl/N-ethyl adjacent to an activating group) is 1. The Morgan fingerprint density at radius 3 is 2.35 bits per heavy atom. The maximum atomic E-state index is 13.3. The molecule has 3 rings (SSSR count). The van der Waals surface area contributed by atoms with Gasteiger partial charge >= 0.3 is 0 Å². The molecule has 7 heteroatoms. The molecular weight excluding hydrogens is 410 g/mol. The fourth-order valence-electron chi connectivity index (χ4n) is 3.39. The summed E-state index contributed by atoms with van der Waals surface area (Å²) in [7, 11) is 1.64. The molecule has 0 bridgehead atoms. The normalized spacial score (nSPS) is 11.1. The number of thiazole rings is 1. The van der Waals surface area contributed by atoms with Crippen LogP contribution in [0, 0.1) is 0 Å². The summed E-state index contributed by atoms with van der Waals surface area (Å²) in [6.45, 7) is 10.2. The van der Waals surface area contributed by atoms with Crippen LogP contribution in [0.15, 0.2) is 42.5 Å². The standard InChI is InChI=1S/C24H31N3O3S/c1-5-26(6-2)14-15-27(23(28)16-18-8-10-19(29-4)11-9-18)24-25-21-13-12-20(30-7-3)17-22(21)31-24/h8-13,17H,5-7,14-16H2,1-4H3. The Balaban J connectivity index is 1.85. The molecule has 166 valence electrons. The van der Waals surface area contributed by atoms with Crippen LogP contribution in [0.3, 0.4) is 0 Å². The quantitative estimate of drug-likeness (QED) is 0.435. The average Bonchev–Trinajstić information content (AvgIpc) is 3.20. The van der Waals surface area contributed by atoms with E-state index in [1.165, 1.54) is 11.3 Å². The summed E-state index contributed by atoms with van der Waals surface area (Å²) in [6, 6.07) is 13.5. The Kier molecular flexibility index (Phi) is 8.26. The van der Waals surface area contributed by atoms with Crippen molar-refractivity contribution >= 4 is 32.6 Å². The van der Waals surface area contributed by atoms with E-state index in [4.69, 9.17) is 14.5 Å². The zero-order valence-electron chi connectivity index (χ0n) is 18.8. The Morgan fingerprint density at radius 1 is 1.00 bits per heavy atom. The monoisotopic (exact) mass is 441 g/mol. The van der Waals surface area contributed by atoms with Gasteiger partial charge in [-0.2, -0.15) is 0 Å². The van der Waals surface area contributed by atoms with E-state index in [9.17, 15) is 4.79 Å². The molecule has 0 aliphatic carbocycles. The first-order chi connectivity index (χ1) is 15.1. The summed E-state index contributed by atoms with van der Waals surface area (Å²) in [5.74, 6) is 1.65. The van der Waals surface area contributed by atoms with E-state index in [1.807, 2.05) is 54.3 Å². The van der Waals surface area contributed by atoms with E-state index in [-0.39, 0.29) is 5.91 Å². The molecule has 0 saturated carbocycles. The Bertz CT molecular complexity index is 983. The lowest BCUT2D eigenvalue weighted by atomic mass is 10.1. The Hall–Kier alpha value is -2.64. The van der Waals surface area contributed by atoms with Crippen molar-refractivity contribution in [3.05, 3.63) is 48.0 Å². The molecule has 0 spiro atoms. The van der Waals surface area contributed by atoms with E-state index in [0.29, 0.717) is 19.6 Å². The Labute approximate surface area is 188 Å². The van der Waals surface area contributed by atoms with Crippen LogP contribution in [0.4, 0.5) is 5.13 Å². The number of ether oxygens (including phenoxy) is 2. The van der Waals surface area contributed by atoms with Crippen molar-refractivity contribution in [3.8, 4) is 11.5 Å². The molecule has 2 aromatic carbocycles. The highest BCUT2D eigenvalue weighted by molar-refractivity contribution is 7.22. The third-order valence-electron chi connectivity index (χ3n) is 5.24. The van der Waals surface area contributed by atoms with Gasteiger partial charge in [-0.1, -0.05) is 37.3 Å². The molecule has 31 heavy (non-hydrogen) atoms. The highest BCUT2D eigenvalue weighted by atomic mass is 32.1. The molecule has 3 aromatic rings. The highest BCUT2D eigenvalue weighted by Gasteiger charge is 2.21. The van der Waals surface area contributed by atoms with E-state index in [2.05, 4.69) is 18.7 Å². The van der Waals surface area contributed by atoms with Gasteiger partial charge in [0.25, 0.3) is 0 Å². The fraction of sp³-hybridized carbons (Fsp3) is 0.417. The first-order valence-electron chi connectivity index (χ1n) is 10.8. The summed E-state index contributed by atoms with van der Waals surface area (Å²) < 4.78 is 11.9. The van der Waals surface area contributed by atoms with Crippen LogP contribution in [0.2, 0.25) is 0 Å². The van der Waals surface area contributed by atoms with Crippen LogP contribution in [-0.4, -0.2) is 55.7 Å². The molecule has 6 nitrogen and oxygen atoms in total. The van der Waals surface area contributed by atoms with Gasteiger partial charge in [-0.3, -0.25) is 9.69 Å². The average molecular weight is 442 g/mol. The number of benzene rings is 2. The van der Waals surface area contributed by atoms with Crippen LogP contribution in [0.1, 0.15) is 26.3 Å². The first-order valence-corrected chi connectivity index (χ1v) is 11.6. The third-order valence-corrected chi connectivity index (χ3v) is 6.28. The summed E-state index contributed by atoms with van der Waals surface area (Å²) in [4.78, 5) is 22.2. The SMILES string of the molecule is CCOc1ccc2nc(N(CCN(CC)CC)C(=O)Cc3ccc(OC)cc3)sc2c1. The van der Waals surface area contributed by atoms with Crippen LogP contribution >= 0.6 is 11.3 Å². The Morgan fingerprint density at radius 2 is 1.71 bits per heavy atom. The number of aromatic nitrogens is 1. The molecule has 1 heterocycles. The van der Waals surface area contributed by atoms with Crippen LogP contribution < -0.4 is 14.4 Å². The lowest BCUT2D eigenvalue weighted by Crippen LogP contribution is -2.39. The second-order valence-corrected chi connectivity index (χ2v) is 8.17. The number of hydrogen-bond acceptors (Lipinski definition) is 6. The summed E-state index contributed by atoms with van der Waals surface area (Å²) in [5, 5.41) is 0.731. The van der Waals surface area contributed by atoms with Crippen molar-refractivity contribution in [1.29, 1.82) is 0 Å². The molecule has 0 fully saturated rings. The molecular formula is C24H31N3O3S. The smallest absolute Gasteiger partial charge is 0.233 e. The van der Waals surface area contributed by atoms with Crippen molar-refractivity contribution in [1.82, 2.24) is 9.88 Å². The number of nitrogens with zero attached hydrogens (tertiary/aromatic N) is 3. The van der Waals surface area contributed by atoms with Crippen LogP contribution in [-0.2, 0) is 11.2 Å². The van der Waals surface area contributed by atoms with Gasteiger partial charge in [-0.15, -0.1) is 0 Å². The van der Waals surface area contributed by atoms with Gasteiger partial charge in [0.15, 0.2) is 5.13 Å². The zero-order chi connectivity index (χ0) is 22.2. The summed E-state index contributed by atoms with van der Waals surface area (Å²) >= 11 is 1.53. The molecule has 0 N–H and O–H groups in total. The van der Waals surface area contributed by atoms with Gasteiger partial charge < -0.3 is 14.4 Å². The number of methoxy groups -OCH3 is 1.